The first kappa shape index (κ1) is 14.6. The molecule has 5 nitrogen and oxygen atoms in total. The van der Waals surface area contributed by atoms with Gasteiger partial charge in [0.25, 0.3) is 5.56 Å². The highest BCUT2D eigenvalue weighted by molar-refractivity contribution is 7.99. The van der Waals surface area contributed by atoms with Crippen LogP contribution in [0.25, 0.3) is 5.69 Å². The van der Waals surface area contributed by atoms with E-state index in [1.807, 2.05) is 19.1 Å². The van der Waals surface area contributed by atoms with Crippen molar-refractivity contribution in [2.24, 2.45) is 0 Å². The number of aliphatic carboxylic acids is 1. The van der Waals surface area contributed by atoms with Gasteiger partial charge in [0.1, 0.15) is 0 Å². The van der Waals surface area contributed by atoms with Crippen molar-refractivity contribution < 1.29 is 9.90 Å². The van der Waals surface area contributed by atoms with Gasteiger partial charge in [-0.1, -0.05) is 29.4 Å². The van der Waals surface area contributed by atoms with Gasteiger partial charge in [0.2, 0.25) is 0 Å². The van der Waals surface area contributed by atoms with Crippen LogP contribution in [0.1, 0.15) is 5.56 Å². The second-order valence-electron chi connectivity index (χ2n) is 4.03. The summed E-state index contributed by atoms with van der Waals surface area (Å²) in [6.07, 6.45) is 1.56. The van der Waals surface area contributed by atoms with Gasteiger partial charge < -0.3 is 5.11 Å². The number of halogens is 1. The number of hydrogen-bond donors (Lipinski definition) is 1. The quantitative estimate of drug-likeness (QED) is 0.693. The summed E-state index contributed by atoms with van der Waals surface area (Å²) in [6, 6.07) is 6.74. The van der Waals surface area contributed by atoms with Crippen molar-refractivity contribution in [3.05, 3.63) is 51.4 Å². The number of aryl methyl sites for hydroxylation is 1. The Kier molecular flexibility index (Phi) is 4.46. The summed E-state index contributed by atoms with van der Waals surface area (Å²) in [5, 5.41) is 9.64. The highest BCUT2D eigenvalue weighted by Crippen LogP contribution is 2.23. The Morgan fingerprint density at radius 3 is 2.85 bits per heavy atom. The van der Waals surface area contributed by atoms with Gasteiger partial charge >= 0.3 is 5.97 Å². The highest BCUT2D eigenvalue weighted by atomic mass is 35.5. The van der Waals surface area contributed by atoms with Crippen molar-refractivity contribution in [1.82, 2.24) is 9.55 Å². The SMILES string of the molecule is Cc1ccc(-n2ccc(=O)nc2SCC(=O)O)cc1Cl. The summed E-state index contributed by atoms with van der Waals surface area (Å²) in [5.41, 5.74) is 1.25. The van der Waals surface area contributed by atoms with Gasteiger partial charge in [0.05, 0.1) is 5.75 Å². The summed E-state index contributed by atoms with van der Waals surface area (Å²) in [7, 11) is 0. The smallest absolute Gasteiger partial charge is 0.313 e. The molecule has 2 aromatic rings. The van der Waals surface area contributed by atoms with Crippen molar-refractivity contribution in [2.75, 3.05) is 5.75 Å². The number of benzene rings is 1. The van der Waals surface area contributed by atoms with Crippen LogP contribution in [0.15, 0.2) is 40.4 Å². The first-order valence-electron chi connectivity index (χ1n) is 5.68. The Morgan fingerprint density at radius 2 is 2.20 bits per heavy atom. The molecule has 0 unspecified atom stereocenters. The van der Waals surface area contributed by atoms with E-state index in [2.05, 4.69) is 4.98 Å². The lowest BCUT2D eigenvalue weighted by Gasteiger charge is -2.12. The second-order valence-corrected chi connectivity index (χ2v) is 5.38. The topological polar surface area (TPSA) is 72.2 Å². The summed E-state index contributed by atoms with van der Waals surface area (Å²) < 4.78 is 1.64. The van der Waals surface area contributed by atoms with Crippen molar-refractivity contribution >= 4 is 29.3 Å². The zero-order chi connectivity index (χ0) is 14.7. The van der Waals surface area contributed by atoms with Crippen molar-refractivity contribution in [2.45, 2.75) is 12.1 Å². The second kappa shape index (κ2) is 6.11. The molecule has 20 heavy (non-hydrogen) atoms. The summed E-state index contributed by atoms with van der Waals surface area (Å²) in [6.45, 7) is 1.88. The number of rotatable bonds is 4. The standard InChI is InChI=1S/C13H11ClN2O3S/c1-8-2-3-9(6-10(8)14)16-5-4-11(17)15-13(16)20-7-12(18)19/h2-6H,7H2,1H3,(H,18,19). The number of carboxylic acids is 1. The van der Waals surface area contributed by atoms with Crippen LogP contribution in [0.3, 0.4) is 0 Å². The predicted molar refractivity (Wildman–Crippen MR) is 77.9 cm³/mol. The fourth-order valence-electron chi connectivity index (χ4n) is 1.54. The average Bonchev–Trinajstić information content (AvgIpc) is 2.40. The van der Waals surface area contributed by atoms with Crippen LogP contribution in [0.2, 0.25) is 5.02 Å². The molecule has 0 spiro atoms. The van der Waals surface area contributed by atoms with Crippen LogP contribution in [0.4, 0.5) is 0 Å². The van der Waals surface area contributed by atoms with Gasteiger partial charge in [-0.25, -0.2) is 0 Å². The summed E-state index contributed by atoms with van der Waals surface area (Å²) in [4.78, 5) is 25.8. The lowest BCUT2D eigenvalue weighted by molar-refractivity contribution is -0.133. The number of hydrogen-bond acceptors (Lipinski definition) is 4. The minimum absolute atomic E-state index is 0.171. The Labute approximate surface area is 124 Å². The van der Waals surface area contributed by atoms with E-state index in [9.17, 15) is 9.59 Å². The van der Waals surface area contributed by atoms with Crippen LogP contribution in [-0.2, 0) is 4.79 Å². The zero-order valence-corrected chi connectivity index (χ0v) is 12.1. The van der Waals surface area contributed by atoms with Gasteiger partial charge in [0, 0.05) is 23.0 Å². The molecule has 1 heterocycles. The fourth-order valence-corrected chi connectivity index (χ4v) is 2.43. The molecule has 0 aliphatic heterocycles. The van der Waals surface area contributed by atoms with E-state index in [-0.39, 0.29) is 5.75 Å². The summed E-state index contributed by atoms with van der Waals surface area (Å²) >= 11 is 7.06. The molecule has 0 fully saturated rings. The van der Waals surface area contributed by atoms with Crippen LogP contribution < -0.4 is 5.56 Å². The largest absolute Gasteiger partial charge is 0.481 e. The first-order chi connectivity index (χ1) is 9.47. The van der Waals surface area contributed by atoms with Gasteiger partial charge in [-0.15, -0.1) is 0 Å². The normalized spacial score (nSPS) is 10.5. The van der Waals surface area contributed by atoms with Gasteiger partial charge in [-0.2, -0.15) is 4.98 Å². The molecule has 0 saturated carbocycles. The lowest BCUT2D eigenvalue weighted by atomic mass is 10.2. The van der Waals surface area contributed by atoms with Gasteiger partial charge in [-0.05, 0) is 24.6 Å². The minimum atomic E-state index is -0.971. The van der Waals surface area contributed by atoms with Crippen LogP contribution >= 0.6 is 23.4 Å². The summed E-state index contributed by atoms with van der Waals surface area (Å²) in [5.74, 6) is -1.14. The maximum atomic E-state index is 11.3. The van der Waals surface area contributed by atoms with E-state index in [0.717, 1.165) is 23.0 Å². The molecule has 1 aromatic heterocycles. The molecule has 0 aliphatic carbocycles. The van der Waals surface area contributed by atoms with E-state index >= 15 is 0 Å². The van der Waals surface area contributed by atoms with E-state index in [1.54, 1.807) is 16.8 Å². The van der Waals surface area contributed by atoms with Gasteiger partial charge in [0.15, 0.2) is 5.16 Å². The molecule has 2 rings (SSSR count). The monoisotopic (exact) mass is 310 g/mol. The molecule has 0 atom stereocenters. The Bertz CT molecular complexity index is 715. The third kappa shape index (κ3) is 3.40. The molecule has 0 aliphatic rings. The molecule has 0 amide bonds. The molecule has 1 aromatic carbocycles. The Hall–Kier alpha value is -1.79. The third-order valence-corrected chi connectivity index (χ3v) is 3.88. The van der Waals surface area contributed by atoms with E-state index in [1.165, 1.54) is 6.07 Å². The number of carbonyl (C=O) groups is 1. The van der Waals surface area contributed by atoms with E-state index < -0.39 is 11.5 Å². The van der Waals surface area contributed by atoms with Crippen molar-refractivity contribution in [3.8, 4) is 5.69 Å². The fraction of sp³-hybridized carbons (Fsp3) is 0.154. The highest BCUT2D eigenvalue weighted by Gasteiger charge is 2.09. The van der Waals surface area contributed by atoms with Crippen LogP contribution in [0.5, 0.6) is 0 Å². The van der Waals surface area contributed by atoms with Crippen LogP contribution in [-0.4, -0.2) is 26.4 Å². The van der Waals surface area contributed by atoms with Gasteiger partial charge in [-0.3, -0.25) is 14.2 Å². The van der Waals surface area contributed by atoms with Crippen molar-refractivity contribution in [3.63, 3.8) is 0 Å². The molecule has 104 valence electrons. The zero-order valence-electron chi connectivity index (χ0n) is 10.5. The number of nitrogens with zero attached hydrogens (tertiary/aromatic N) is 2. The molecule has 0 bridgehead atoms. The minimum Gasteiger partial charge on any atom is -0.481 e. The molecule has 1 N–H and O–H groups in total. The Balaban J connectivity index is 2.46. The molecule has 7 heteroatoms. The van der Waals surface area contributed by atoms with E-state index in [4.69, 9.17) is 16.7 Å². The third-order valence-electron chi connectivity index (χ3n) is 2.54. The molecular weight excluding hydrogens is 300 g/mol. The number of aromatic nitrogens is 2. The molecule has 0 radical (unpaired) electrons. The first-order valence-corrected chi connectivity index (χ1v) is 7.04. The molecule has 0 saturated heterocycles. The van der Waals surface area contributed by atoms with Crippen LogP contribution in [0, 0.1) is 6.92 Å². The predicted octanol–water partition coefficient (Wildman–Crippen LogP) is 2.37. The Morgan fingerprint density at radius 1 is 1.45 bits per heavy atom. The average molecular weight is 311 g/mol. The molecular formula is C13H11ClN2O3S. The van der Waals surface area contributed by atoms with E-state index in [0.29, 0.717) is 10.2 Å². The number of thioether (sulfide) groups is 1. The maximum absolute atomic E-state index is 11.3. The maximum Gasteiger partial charge on any atom is 0.313 e. The number of carboxylic acid groups (broad SMARTS) is 1. The lowest BCUT2D eigenvalue weighted by Crippen LogP contribution is -2.13. The van der Waals surface area contributed by atoms with Crippen molar-refractivity contribution in [1.29, 1.82) is 0 Å².